The van der Waals surface area contributed by atoms with E-state index in [0.717, 1.165) is 25.0 Å². The van der Waals surface area contributed by atoms with Crippen LogP contribution in [0.2, 0.25) is 0 Å². The molecule has 142 valence electrons. The molecule has 2 aliphatic rings. The SMILES string of the molecule is O=C1Cc2cc(S(=O)(=O)NCCOc3cccc4c3CCCC4)ccc2N1. The number of aryl methyl sites for hydroxylation is 1. The van der Waals surface area contributed by atoms with Gasteiger partial charge in [0.2, 0.25) is 15.9 Å². The third kappa shape index (κ3) is 3.84. The molecule has 0 saturated carbocycles. The van der Waals surface area contributed by atoms with E-state index in [1.54, 1.807) is 12.1 Å². The lowest BCUT2D eigenvalue weighted by Gasteiger charge is -2.19. The molecule has 1 aliphatic carbocycles. The molecule has 2 aromatic rings. The van der Waals surface area contributed by atoms with Crippen molar-refractivity contribution in [1.82, 2.24) is 4.72 Å². The van der Waals surface area contributed by atoms with Crippen LogP contribution >= 0.6 is 0 Å². The van der Waals surface area contributed by atoms with Crippen LogP contribution in [-0.2, 0) is 34.1 Å². The summed E-state index contributed by atoms with van der Waals surface area (Å²) in [6, 6.07) is 10.7. The summed E-state index contributed by atoms with van der Waals surface area (Å²) in [5.74, 6) is 0.737. The molecule has 0 fully saturated rings. The van der Waals surface area contributed by atoms with Gasteiger partial charge in [-0.3, -0.25) is 4.79 Å². The average molecular weight is 386 g/mol. The van der Waals surface area contributed by atoms with Gasteiger partial charge < -0.3 is 10.1 Å². The van der Waals surface area contributed by atoms with Crippen LogP contribution in [-0.4, -0.2) is 27.5 Å². The molecule has 1 amide bonds. The molecule has 0 atom stereocenters. The second-order valence-electron chi connectivity index (χ2n) is 6.89. The summed E-state index contributed by atoms with van der Waals surface area (Å²) in [5, 5.41) is 2.70. The molecule has 0 unspecified atom stereocenters. The van der Waals surface area contributed by atoms with Crippen molar-refractivity contribution in [2.75, 3.05) is 18.5 Å². The van der Waals surface area contributed by atoms with Crippen LogP contribution in [0.5, 0.6) is 5.75 Å². The Kier molecular flexibility index (Phi) is 4.88. The summed E-state index contributed by atoms with van der Waals surface area (Å²) in [4.78, 5) is 11.6. The quantitative estimate of drug-likeness (QED) is 0.747. The Morgan fingerprint density at radius 1 is 1.07 bits per heavy atom. The molecular formula is C20H22N2O4S. The molecule has 0 spiro atoms. The third-order valence-corrected chi connectivity index (χ3v) is 6.48. The number of hydrogen-bond donors (Lipinski definition) is 2. The van der Waals surface area contributed by atoms with Crippen molar-refractivity contribution in [3.8, 4) is 5.75 Å². The number of anilines is 1. The van der Waals surface area contributed by atoms with Gasteiger partial charge in [0.15, 0.2) is 0 Å². The van der Waals surface area contributed by atoms with Crippen molar-refractivity contribution >= 4 is 21.6 Å². The Hall–Kier alpha value is -2.38. The van der Waals surface area contributed by atoms with E-state index in [2.05, 4.69) is 16.1 Å². The second kappa shape index (κ2) is 7.32. The van der Waals surface area contributed by atoms with Crippen LogP contribution in [0.1, 0.15) is 29.5 Å². The lowest BCUT2D eigenvalue weighted by molar-refractivity contribution is -0.115. The van der Waals surface area contributed by atoms with Crippen molar-refractivity contribution < 1.29 is 17.9 Å². The molecule has 0 bridgehead atoms. The number of hydrogen-bond acceptors (Lipinski definition) is 4. The Balaban J connectivity index is 1.37. The smallest absolute Gasteiger partial charge is 0.240 e. The van der Waals surface area contributed by atoms with E-state index in [1.165, 1.54) is 23.6 Å². The highest BCUT2D eigenvalue weighted by molar-refractivity contribution is 7.89. The van der Waals surface area contributed by atoms with Crippen molar-refractivity contribution in [2.45, 2.75) is 37.0 Å². The fourth-order valence-electron chi connectivity index (χ4n) is 3.67. The van der Waals surface area contributed by atoms with Gasteiger partial charge in [0.1, 0.15) is 12.4 Å². The molecule has 1 heterocycles. The summed E-state index contributed by atoms with van der Waals surface area (Å²) >= 11 is 0. The van der Waals surface area contributed by atoms with Gasteiger partial charge in [-0.25, -0.2) is 13.1 Å². The van der Waals surface area contributed by atoms with Gasteiger partial charge in [0.05, 0.1) is 11.3 Å². The molecule has 1 aliphatic heterocycles. The first kappa shape index (κ1) is 18.0. The predicted octanol–water partition coefficient (Wildman–Crippen LogP) is 2.42. The summed E-state index contributed by atoms with van der Waals surface area (Å²) < 4.78 is 33.4. The van der Waals surface area contributed by atoms with E-state index in [0.29, 0.717) is 11.3 Å². The van der Waals surface area contributed by atoms with E-state index < -0.39 is 10.0 Å². The summed E-state index contributed by atoms with van der Waals surface area (Å²) in [6.07, 6.45) is 4.67. The molecular weight excluding hydrogens is 364 g/mol. The molecule has 6 nitrogen and oxygen atoms in total. The van der Waals surface area contributed by atoms with Crippen LogP contribution in [0.15, 0.2) is 41.3 Å². The van der Waals surface area contributed by atoms with Crippen LogP contribution < -0.4 is 14.8 Å². The first-order chi connectivity index (χ1) is 13.0. The van der Waals surface area contributed by atoms with Crippen LogP contribution in [0.4, 0.5) is 5.69 Å². The molecule has 0 aromatic heterocycles. The van der Waals surface area contributed by atoms with Gasteiger partial charge in [-0.1, -0.05) is 12.1 Å². The number of rotatable bonds is 6. The summed E-state index contributed by atoms with van der Waals surface area (Å²) in [7, 11) is -3.64. The highest BCUT2D eigenvalue weighted by Gasteiger charge is 2.21. The third-order valence-electron chi connectivity index (χ3n) is 5.02. The number of carbonyl (C=O) groups excluding carboxylic acids is 1. The monoisotopic (exact) mass is 386 g/mol. The predicted molar refractivity (Wildman–Crippen MR) is 103 cm³/mol. The van der Waals surface area contributed by atoms with Gasteiger partial charge in [-0.2, -0.15) is 0 Å². The Morgan fingerprint density at radius 3 is 2.81 bits per heavy atom. The van der Waals surface area contributed by atoms with Crippen molar-refractivity contribution in [1.29, 1.82) is 0 Å². The number of benzene rings is 2. The zero-order valence-corrected chi connectivity index (χ0v) is 15.8. The highest BCUT2D eigenvalue weighted by atomic mass is 32.2. The first-order valence-corrected chi connectivity index (χ1v) is 10.7. The molecule has 4 rings (SSSR count). The van der Waals surface area contributed by atoms with Crippen LogP contribution in [0.3, 0.4) is 0 Å². The van der Waals surface area contributed by atoms with Gasteiger partial charge in [0.25, 0.3) is 0 Å². The number of sulfonamides is 1. The number of fused-ring (bicyclic) bond motifs is 2. The second-order valence-corrected chi connectivity index (χ2v) is 8.66. The number of amides is 1. The van der Waals surface area contributed by atoms with Gasteiger partial charge in [-0.15, -0.1) is 0 Å². The number of carbonyl (C=O) groups is 1. The molecule has 2 N–H and O–H groups in total. The van der Waals surface area contributed by atoms with Gasteiger partial charge in [0, 0.05) is 12.2 Å². The summed E-state index contributed by atoms with van der Waals surface area (Å²) in [5.41, 5.74) is 3.97. The zero-order chi connectivity index (χ0) is 18.9. The minimum atomic E-state index is -3.64. The van der Waals surface area contributed by atoms with Gasteiger partial charge >= 0.3 is 0 Å². The number of ether oxygens (including phenoxy) is 1. The zero-order valence-electron chi connectivity index (χ0n) is 15.0. The minimum absolute atomic E-state index is 0.118. The maximum absolute atomic E-state index is 12.5. The van der Waals surface area contributed by atoms with E-state index >= 15 is 0 Å². The molecule has 27 heavy (non-hydrogen) atoms. The lowest BCUT2D eigenvalue weighted by Crippen LogP contribution is -2.28. The minimum Gasteiger partial charge on any atom is -0.492 e. The summed E-state index contributed by atoms with van der Waals surface area (Å²) in [6.45, 7) is 0.445. The van der Waals surface area contributed by atoms with Crippen LogP contribution in [0.25, 0.3) is 0 Å². The average Bonchev–Trinajstić information content (AvgIpc) is 3.04. The lowest BCUT2D eigenvalue weighted by atomic mass is 9.91. The van der Waals surface area contributed by atoms with E-state index in [-0.39, 0.29) is 30.4 Å². The molecule has 0 radical (unpaired) electrons. The number of nitrogens with one attached hydrogen (secondary N) is 2. The van der Waals surface area contributed by atoms with Crippen molar-refractivity contribution in [2.24, 2.45) is 0 Å². The van der Waals surface area contributed by atoms with E-state index in [4.69, 9.17) is 4.74 Å². The Morgan fingerprint density at radius 2 is 1.93 bits per heavy atom. The standard InChI is InChI=1S/C20H22N2O4S/c23-20-13-15-12-16(8-9-18(15)22-20)27(24,25)21-10-11-26-19-7-3-5-14-4-1-2-6-17(14)19/h3,5,7-9,12,21H,1-2,4,6,10-11,13H2,(H,22,23). The highest BCUT2D eigenvalue weighted by Crippen LogP contribution is 2.29. The largest absolute Gasteiger partial charge is 0.492 e. The van der Waals surface area contributed by atoms with Crippen molar-refractivity contribution in [3.05, 3.63) is 53.1 Å². The fourth-order valence-corrected chi connectivity index (χ4v) is 4.74. The van der Waals surface area contributed by atoms with E-state index in [9.17, 15) is 13.2 Å². The Labute approximate surface area is 159 Å². The van der Waals surface area contributed by atoms with Crippen LogP contribution in [0, 0.1) is 0 Å². The maximum atomic E-state index is 12.5. The molecule has 0 saturated heterocycles. The normalized spacial score (nSPS) is 15.8. The maximum Gasteiger partial charge on any atom is 0.240 e. The fraction of sp³-hybridized carbons (Fsp3) is 0.350. The van der Waals surface area contributed by atoms with Gasteiger partial charge in [-0.05, 0) is 66.6 Å². The van der Waals surface area contributed by atoms with E-state index in [1.807, 2.05) is 12.1 Å². The first-order valence-electron chi connectivity index (χ1n) is 9.19. The topological polar surface area (TPSA) is 84.5 Å². The molecule has 7 heteroatoms. The Bertz CT molecular complexity index is 985. The van der Waals surface area contributed by atoms with Crippen molar-refractivity contribution in [3.63, 3.8) is 0 Å². The molecule has 2 aromatic carbocycles.